The van der Waals surface area contributed by atoms with Crippen LogP contribution >= 0.6 is 0 Å². The minimum absolute atomic E-state index is 0.255. The summed E-state index contributed by atoms with van der Waals surface area (Å²) < 4.78 is 4.92. The number of carbonyl (C=O) groups is 1. The maximum atomic E-state index is 11.8. The fourth-order valence-corrected chi connectivity index (χ4v) is 1.34. The van der Waals surface area contributed by atoms with Crippen LogP contribution in [0.1, 0.15) is 10.5 Å². The predicted octanol–water partition coefficient (Wildman–Crippen LogP) is 1.32. The number of ether oxygens (including phenoxy) is 1. The molecule has 0 saturated heterocycles. The first-order valence-electron chi connectivity index (χ1n) is 5.22. The highest BCUT2D eigenvalue weighted by atomic mass is 16.5. The Morgan fingerprint density at radius 1 is 1.33 bits per heavy atom. The number of nitrogens with one attached hydrogen (secondary N) is 1. The number of nitrogen functional groups attached to an aromatic ring is 1. The van der Waals surface area contributed by atoms with E-state index in [0.717, 1.165) is 0 Å². The van der Waals surface area contributed by atoms with Gasteiger partial charge in [-0.25, -0.2) is 4.98 Å². The lowest BCUT2D eigenvalue weighted by Gasteiger charge is -2.05. The Hall–Kier alpha value is -2.63. The predicted molar refractivity (Wildman–Crippen MR) is 67.4 cm³/mol. The minimum atomic E-state index is -0.339. The first-order valence-corrected chi connectivity index (χ1v) is 5.22. The molecular weight excluding hydrogens is 232 g/mol. The number of pyridine rings is 2. The third kappa shape index (κ3) is 2.73. The smallest absolute Gasteiger partial charge is 0.274 e. The van der Waals surface area contributed by atoms with E-state index in [4.69, 9.17) is 10.5 Å². The van der Waals surface area contributed by atoms with Crippen molar-refractivity contribution in [2.24, 2.45) is 0 Å². The third-order valence-electron chi connectivity index (χ3n) is 2.22. The molecular formula is C12H12N4O2. The van der Waals surface area contributed by atoms with Gasteiger partial charge in [-0.2, -0.15) is 0 Å². The molecule has 3 N–H and O–H groups in total. The Labute approximate surface area is 104 Å². The van der Waals surface area contributed by atoms with Gasteiger partial charge < -0.3 is 15.8 Å². The van der Waals surface area contributed by atoms with E-state index in [2.05, 4.69) is 15.3 Å². The summed E-state index contributed by atoms with van der Waals surface area (Å²) in [5.74, 6) is 0.143. The standard InChI is InChI=1S/C12H12N4O2/c1-18-11-3-2-9(7-15-11)16-12(17)10-6-8(13)4-5-14-10/h2-7H,1H3,(H2,13,14)(H,16,17). The molecule has 0 aromatic carbocycles. The summed E-state index contributed by atoms with van der Waals surface area (Å²) in [4.78, 5) is 19.7. The zero-order valence-electron chi connectivity index (χ0n) is 9.75. The summed E-state index contributed by atoms with van der Waals surface area (Å²) in [6.45, 7) is 0. The molecule has 2 aromatic heterocycles. The van der Waals surface area contributed by atoms with Gasteiger partial charge in [-0.05, 0) is 18.2 Å². The molecule has 0 radical (unpaired) electrons. The molecule has 0 bridgehead atoms. The summed E-state index contributed by atoms with van der Waals surface area (Å²) >= 11 is 0. The van der Waals surface area contributed by atoms with Gasteiger partial charge in [-0.1, -0.05) is 0 Å². The van der Waals surface area contributed by atoms with Crippen molar-refractivity contribution in [3.63, 3.8) is 0 Å². The molecule has 2 heterocycles. The van der Waals surface area contributed by atoms with Gasteiger partial charge in [0, 0.05) is 18.0 Å². The van der Waals surface area contributed by atoms with Crippen molar-refractivity contribution in [2.75, 3.05) is 18.2 Å². The van der Waals surface area contributed by atoms with E-state index < -0.39 is 0 Å². The van der Waals surface area contributed by atoms with Crippen molar-refractivity contribution in [3.8, 4) is 5.88 Å². The quantitative estimate of drug-likeness (QED) is 0.849. The van der Waals surface area contributed by atoms with E-state index in [1.165, 1.54) is 25.6 Å². The molecule has 0 spiro atoms. The normalized spacial score (nSPS) is 9.83. The van der Waals surface area contributed by atoms with Gasteiger partial charge in [0.15, 0.2) is 0 Å². The summed E-state index contributed by atoms with van der Waals surface area (Å²) in [6, 6.07) is 6.47. The second-order valence-corrected chi connectivity index (χ2v) is 3.52. The van der Waals surface area contributed by atoms with Gasteiger partial charge in [-0.15, -0.1) is 0 Å². The zero-order chi connectivity index (χ0) is 13.0. The number of hydrogen-bond donors (Lipinski definition) is 2. The van der Waals surface area contributed by atoms with E-state index in [-0.39, 0.29) is 11.6 Å². The number of hydrogen-bond acceptors (Lipinski definition) is 5. The van der Waals surface area contributed by atoms with Crippen LogP contribution < -0.4 is 15.8 Å². The van der Waals surface area contributed by atoms with Crippen LogP contribution in [-0.2, 0) is 0 Å². The van der Waals surface area contributed by atoms with Gasteiger partial charge in [0.1, 0.15) is 5.69 Å². The Balaban J connectivity index is 2.11. The highest BCUT2D eigenvalue weighted by molar-refractivity contribution is 6.03. The van der Waals surface area contributed by atoms with Crippen LogP contribution in [0.2, 0.25) is 0 Å². The number of nitrogens with zero attached hydrogens (tertiary/aromatic N) is 2. The summed E-state index contributed by atoms with van der Waals surface area (Å²) in [5.41, 5.74) is 6.88. The maximum Gasteiger partial charge on any atom is 0.274 e. The van der Waals surface area contributed by atoms with Crippen LogP contribution in [0.15, 0.2) is 36.7 Å². The number of anilines is 2. The van der Waals surface area contributed by atoms with E-state index in [1.54, 1.807) is 18.2 Å². The summed E-state index contributed by atoms with van der Waals surface area (Å²) in [7, 11) is 1.53. The van der Waals surface area contributed by atoms with Crippen molar-refractivity contribution < 1.29 is 9.53 Å². The van der Waals surface area contributed by atoms with Crippen molar-refractivity contribution in [2.45, 2.75) is 0 Å². The fraction of sp³-hybridized carbons (Fsp3) is 0.0833. The van der Waals surface area contributed by atoms with Crippen LogP contribution in [-0.4, -0.2) is 23.0 Å². The van der Waals surface area contributed by atoms with E-state index in [0.29, 0.717) is 17.3 Å². The molecule has 0 atom stereocenters. The van der Waals surface area contributed by atoms with E-state index in [9.17, 15) is 4.79 Å². The minimum Gasteiger partial charge on any atom is -0.481 e. The van der Waals surface area contributed by atoms with Crippen molar-refractivity contribution in [3.05, 3.63) is 42.4 Å². The van der Waals surface area contributed by atoms with Crippen LogP contribution in [0.5, 0.6) is 5.88 Å². The van der Waals surface area contributed by atoms with Crippen LogP contribution in [0.25, 0.3) is 0 Å². The molecule has 0 unspecified atom stereocenters. The summed E-state index contributed by atoms with van der Waals surface area (Å²) in [6.07, 6.45) is 2.99. The Morgan fingerprint density at radius 2 is 2.17 bits per heavy atom. The van der Waals surface area contributed by atoms with Gasteiger partial charge in [0.25, 0.3) is 5.91 Å². The van der Waals surface area contributed by atoms with Crippen LogP contribution in [0, 0.1) is 0 Å². The maximum absolute atomic E-state index is 11.8. The second kappa shape index (κ2) is 5.13. The third-order valence-corrected chi connectivity index (χ3v) is 2.22. The molecule has 2 aromatic rings. The first-order chi connectivity index (χ1) is 8.69. The molecule has 1 amide bonds. The number of amides is 1. The highest BCUT2D eigenvalue weighted by Gasteiger charge is 2.08. The van der Waals surface area contributed by atoms with E-state index in [1.807, 2.05) is 0 Å². The molecule has 0 aliphatic carbocycles. The molecule has 0 fully saturated rings. The number of carbonyl (C=O) groups excluding carboxylic acids is 1. The molecule has 0 saturated carbocycles. The average Bonchev–Trinajstić information content (AvgIpc) is 2.39. The first kappa shape index (κ1) is 11.8. The van der Waals surface area contributed by atoms with Gasteiger partial charge in [0.05, 0.1) is 19.0 Å². The van der Waals surface area contributed by atoms with Gasteiger partial charge in [0.2, 0.25) is 5.88 Å². The lowest BCUT2D eigenvalue weighted by atomic mass is 10.3. The van der Waals surface area contributed by atoms with E-state index >= 15 is 0 Å². The molecule has 6 heteroatoms. The SMILES string of the molecule is COc1ccc(NC(=O)c2cc(N)ccn2)cn1. The number of methoxy groups -OCH3 is 1. The monoisotopic (exact) mass is 244 g/mol. The molecule has 6 nitrogen and oxygen atoms in total. The fourth-order valence-electron chi connectivity index (χ4n) is 1.34. The van der Waals surface area contributed by atoms with Gasteiger partial charge in [-0.3, -0.25) is 9.78 Å². The average molecular weight is 244 g/mol. The second-order valence-electron chi connectivity index (χ2n) is 3.52. The van der Waals surface area contributed by atoms with Crippen molar-refractivity contribution in [1.82, 2.24) is 9.97 Å². The summed E-state index contributed by atoms with van der Waals surface area (Å²) in [5, 5.41) is 2.66. The molecule has 18 heavy (non-hydrogen) atoms. The largest absolute Gasteiger partial charge is 0.481 e. The van der Waals surface area contributed by atoms with Crippen molar-refractivity contribution in [1.29, 1.82) is 0 Å². The lowest BCUT2D eigenvalue weighted by Crippen LogP contribution is -2.14. The molecule has 92 valence electrons. The Morgan fingerprint density at radius 3 is 2.78 bits per heavy atom. The number of rotatable bonds is 3. The Kier molecular flexibility index (Phi) is 3.38. The molecule has 0 aliphatic rings. The number of aromatic nitrogens is 2. The number of nitrogens with two attached hydrogens (primary N) is 1. The van der Waals surface area contributed by atoms with Crippen molar-refractivity contribution >= 4 is 17.3 Å². The Bertz CT molecular complexity index is 554. The molecule has 0 aliphatic heterocycles. The lowest BCUT2D eigenvalue weighted by molar-refractivity contribution is 0.102. The van der Waals surface area contributed by atoms with Crippen LogP contribution in [0.3, 0.4) is 0 Å². The zero-order valence-corrected chi connectivity index (χ0v) is 9.75. The van der Waals surface area contributed by atoms with Crippen LogP contribution in [0.4, 0.5) is 11.4 Å². The molecule has 2 rings (SSSR count). The highest BCUT2D eigenvalue weighted by Crippen LogP contribution is 2.12. The van der Waals surface area contributed by atoms with Gasteiger partial charge >= 0.3 is 0 Å². The topological polar surface area (TPSA) is 90.1 Å².